The van der Waals surface area contributed by atoms with Gasteiger partial charge in [0, 0.05) is 24.0 Å². The number of hydrogen-bond donors (Lipinski definition) is 3. The van der Waals surface area contributed by atoms with E-state index in [4.69, 9.17) is 0 Å². The predicted octanol–water partition coefficient (Wildman–Crippen LogP) is 3.84. The Morgan fingerprint density at radius 2 is 1.85 bits per heavy atom. The lowest BCUT2D eigenvalue weighted by Gasteiger charge is -2.10. The summed E-state index contributed by atoms with van der Waals surface area (Å²) in [6, 6.07) is 9.19. The molecule has 2 heterocycles. The third kappa shape index (κ3) is 4.13. The number of carbonyl (C=O) groups is 1. The molecular weight excluding hydrogens is 328 g/mol. The van der Waals surface area contributed by atoms with Crippen LogP contribution < -0.4 is 16.0 Å². The van der Waals surface area contributed by atoms with Crippen LogP contribution in [0.25, 0.3) is 11.3 Å². The zero-order chi connectivity index (χ0) is 18.5. The molecule has 3 N–H and O–H groups in total. The van der Waals surface area contributed by atoms with Crippen LogP contribution in [0.5, 0.6) is 0 Å². The van der Waals surface area contributed by atoms with Crippen LogP contribution in [0.4, 0.5) is 22.0 Å². The van der Waals surface area contributed by atoms with Crippen molar-refractivity contribution in [2.24, 2.45) is 0 Å². The average molecular weight is 348 g/mol. The molecular formula is C19H20N6O. The number of nitrogens with zero attached hydrogens (tertiary/aromatic N) is 3. The maximum atomic E-state index is 12.1. The zero-order valence-electron chi connectivity index (χ0n) is 14.9. The molecule has 0 radical (unpaired) electrons. The molecule has 0 aliphatic carbocycles. The molecule has 132 valence electrons. The van der Waals surface area contributed by atoms with Crippen LogP contribution in [0, 0.1) is 13.8 Å². The van der Waals surface area contributed by atoms with Crippen LogP contribution in [0.3, 0.4) is 0 Å². The van der Waals surface area contributed by atoms with Crippen molar-refractivity contribution in [2.45, 2.75) is 13.8 Å². The number of aryl methyl sites for hydroxylation is 2. The van der Waals surface area contributed by atoms with Crippen LogP contribution in [0.1, 0.15) is 11.3 Å². The first-order chi connectivity index (χ1) is 12.5. The highest BCUT2D eigenvalue weighted by molar-refractivity contribution is 5.99. The molecule has 7 nitrogen and oxygen atoms in total. The summed E-state index contributed by atoms with van der Waals surface area (Å²) in [6.07, 6.45) is 4.77. The first-order valence-electron chi connectivity index (χ1n) is 8.16. The number of nitrogens with one attached hydrogen (secondary N) is 3. The van der Waals surface area contributed by atoms with E-state index >= 15 is 0 Å². The second-order valence-corrected chi connectivity index (χ2v) is 5.84. The topological polar surface area (TPSA) is 91.8 Å². The molecule has 26 heavy (non-hydrogen) atoms. The third-order valence-electron chi connectivity index (χ3n) is 3.84. The number of carbonyl (C=O) groups excluding carboxylic acids is 1. The van der Waals surface area contributed by atoms with Crippen molar-refractivity contribution in [3.63, 3.8) is 0 Å². The molecule has 2 aromatic heterocycles. The molecule has 0 aliphatic rings. The Kier molecular flexibility index (Phi) is 5.07. The lowest BCUT2D eigenvalue weighted by molar-refractivity contribution is 0.262. The van der Waals surface area contributed by atoms with E-state index in [0.29, 0.717) is 17.2 Å². The summed E-state index contributed by atoms with van der Waals surface area (Å²) in [7, 11) is 1.88. The molecule has 0 spiro atoms. The molecule has 0 fully saturated rings. The molecule has 0 unspecified atom stereocenters. The van der Waals surface area contributed by atoms with Gasteiger partial charge in [0.15, 0.2) is 5.82 Å². The maximum Gasteiger partial charge on any atom is 0.324 e. The minimum Gasteiger partial charge on any atom is -0.388 e. The van der Waals surface area contributed by atoms with E-state index in [0.717, 1.165) is 22.5 Å². The molecule has 0 bridgehead atoms. The zero-order valence-corrected chi connectivity index (χ0v) is 14.9. The molecule has 7 heteroatoms. The van der Waals surface area contributed by atoms with Gasteiger partial charge in [-0.1, -0.05) is 6.07 Å². The molecule has 0 aliphatic heterocycles. The number of urea groups is 1. The van der Waals surface area contributed by atoms with Gasteiger partial charge in [0.1, 0.15) is 0 Å². The number of pyridine rings is 1. The third-order valence-corrected chi connectivity index (χ3v) is 3.84. The summed E-state index contributed by atoms with van der Waals surface area (Å²) in [5.74, 6) is 0.371. The van der Waals surface area contributed by atoms with E-state index in [9.17, 15) is 4.79 Å². The van der Waals surface area contributed by atoms with E-state index in [1.165, 1.54) is 6.20 Å². The summed E-state index contributed by atoms with van der Waals surface area (Å²) in [6.45, 7) is 3.91. The average Bonchev–Trinajstić information content (AvgIpc) is 2.64. The molecule has 0 atom stereocenters. The number of benzene rings is 1. The fourth-order valence-electron chi connectivity index (χ4n) is 2.49. The van der Waals surface area contributed by atoms with Crippen molar-refractivity contribution < 1.29 is 4.79 Å². The van der Waals surface area contributed by atoms with E-state index in [1.807, 2.05) is 45.2 Å². The molecule has 2 amide bonds. The number of amides is 2. The number of rotatable bonds is 4. The molecule has 3 rings (SSSR count). The summed E-state index contributed by atoms with van der Waals surface area (Å²) >= 11 is 0. The number of anilines is 3. The fraction of sp³-hybridized carbons (Fsp3) is 0.158. The Hall–Kier alpha value is -3.48. The van der Waals surface area contributed by atoms with Crippen molar-refractivity contribution >= 4 is 23.2 Å². The van der Waals surface area contributed by atoms with Gasteiger partial charge in [0.2, 0.25) is 0 Å². The number of aromatic nitrogens is 3. The molecule has 1 aromatic carbocycles. The summed E-state index contributed by atoms with van der Waals surface area (Å²) in [5, 5.41) is 8.53. The first-order valence-corrected chi connectivity index (χ1v) is 8.16. The van der Waals surface area contributed by atoms with Gasteiger partial charge < -0.3 is 10.6 Å². The van der Waals surface area contributed by atoms with Gasteiger partial charge >= 0.3 is 6.03 Å². The Morgan fingerprint density at radius 3 is 2.54 bits per heavy atom. The van der Waals surface area contributed by atoms with E-state index in [1.54, 1.807) is 18.5 Å². The summed E-state index contributed by atoms with van der Waals surface area (Å²) < 4.78 is 0. The normalized spacial score (nSPS) is 10.3. The van der Waals surface area contributed by atoms with Crippen molar-refractivity contribution in [3.8, 4) is 11.3 Å². The largest absolute Gasteiger partial charge is 0.388 e. The minimum atomic E-state index is -0.399. The Balaban J connectivity index is 1.73. The van der Waals surface area contributed by atoms with Gasteiger partial charge in [0.05, 0.1) is 30.0 Å². The highest BCUT2D eigenvalue weighted by Crippen LogP contribution is 2.23. The predicted molar refractivity (Wildman–Crippen MR) is 103 cm³/mol. The van der Waals surface area contributed by atoms with Crippen molar-refractivity contribution in [2.75, 3.05) is 23.0 Å². The van der Waals surface area contributed by atoms with Gasteiger partial charge in [0.25, 0.3) is 0 Å². The van der Waals surface area contributed by atoms with Crippen LogP contribution in [-0.4, -0.2) is 28.0 Å². The van der Waals surface area contributed by atoms with E-state index in [-0.39, 0.29) is 0 Å². The lowest BCUT2D eigenvalue weighted by Crippen LogP contribution is -2.20. The lowest BCUT2D eigenvalue weighted by atomic mass is 10.1. The first kappa shape index (κ1) is 17.3. The Bertz CT molecular complexity index is 924. The van der Waals surface area contributed by atoms with Crippen molar-refractivity contribution in [1.29, 1.82) is 0 Å². The van der Waals surface area contributed by atoms with E-state index in [2.05, 4.69) is 30.9 Å². The summed E-state index contributed by atoms with van der Waals surface area (Å²) in [5.41, 5.74) is 5.27. The van der Waals surface area contributed by atoms with E-state index < -0.39 is 6.03 Å². The SMILES string of the molecule is CNc1ccc(-c2cncc(NC(=O)Nc3ccc(C)nc3)n2)cc1C. The highest BCUT2D eigenvalue weighted by atomic mass is 16.2. The van der Waals surface area contributed by atoms with Crippen LogP contribution in [-0.2, 0) is 0 Å². The van der Waals surface area contributed by atoms with Crippen LogP contribution in [0.2, 0.25) is 0 Å². The van der Waals surface area contributed by atoms with Gasteiger partial charge in [-0.25, -0.2) is 9.78 Å². The van der Waals surface area contributed by atoms with Gasteiger partial charge in [-0.05, 0) is 43.7 Å². The van der Waals surface area contributed by atoms with Crippen LogP contribution >= 0.6 is 0 Å². The van der Waals surface area contributed by atoms with Crippen LogP contribution in [0.15, 0.2) is 48.9 Å². The number of hydrogen-bond acceptors (Lipinski definition) is 5. The molecule has 3 aromatic rings. The maximum absolute atomic E-state index is 12.1. The van der Waals surface area contributed by atoms with Gasteiger partial charge in [-0.3, -0.25) is 15.3 Å². The van der Waals surface area contributed by atoms with Crippen molar-refractivity contribution in [3.05, 3.63) is 60.2 Å². The molecule has 0 saturated carbocycles. The van der Waals surface area contributed by atoms with Gasteiger partial charge in [-0.15, -0.1) is 0 Å². The molecule has 0 saturated heterocycles. The fourth-order valence-corrected chi connectivity index (χ4v) is 2.49. The highest BCUT2D eigenvalue weighted by Gasteiger charge is 2.08. The second kappa shape index (κ2) is 7.60. The van der Waals surface area contributed by atoms with Crippen molar-refractivity contribution in [1.82, 2.24) is 15.0 Å². The minimum absolute atomic E-state index is 0.371. The smallest absolute Gasteiger partial charge is 0.324 e. The van der Waals surface area contributed by atoms with Gasteiger partial charge in [-0.2, -0.15) is 0 Å². The Morgan fingerprint density at radius 1 is 1.00 bits per heavy atom. The standard InChI is InChI=1S/C19H20N6O/c1-12-8-14(5-7-16(12)20-3)17-10-21-11-18(24-17)25-19(26)23-15-6-4-13(2)22-9-15/h4-11,20H,1-3H3,(H2,23,24,25,26). The second-order valence-electron chi connectivity index (χ2n) is 5.84. The quantitative estimate of drug-likeness (QED) is 0.666. The summed E-state index contributed by atoms with van der Waals surface area (Å²) in [4.78, 5) is 24.9. The monoisotopic (exact) mass is 348 g/mol. The Labute approximate surface area is 151 Å².